The summed E-state index contributed by atoms with van der Waals surface area (Å²) in [6, 6.07) is 10.8. The molecule has 0 radical (unpaired) electrons. The van der Waals surface area contributed by atoms with E-state index >= 15 is 0 Å². The van der Waals surface area contributed by atoms with Crippen LogP contribution in [0.3, 0.4) is 0 Å². The van der Waals surface area contributed by atoms with Crippen molar-refractivity contribution in [3.8, 4) is 17.2 Å². The zero-order valence-corrected chi connectivity index (χ0v) is 8.91. The first-order chi connectivity index (χ1) is 8.15. The molecule has 0 bridgehead atoms. The molecule has 0 aliphatic heterocycles. The summed E-state index contributed by atoms with van der Waals surface area (Å²) in [6.07, 6.45) is 1.45. The second-order valence-electron chi connectivity index (χ2n) is 3.53. The lowest BCUT2D eigenvalue weighted by Gasteiger charge is -1.99. The molecule has 0 unspecified atom stereocenters. The Bertz CT molecular complexity index is 544. The van der Waals surface area contributed by atoms with E-state index in [1.807, 2.05) is 0 Å². The monoisotopic (exact) mass is 229 g/mol. The Morgan fingerprint density at radius 3 is 2.18 bits per heavy atom. The van der Waals surface area contributed by atoms with Crippen LogP contribution in [0.25, 0.3) is 0 Å². The minimum atomic E-state index is -0.0382. The number of hydrogen-bond acceptors (Lipinski definition) is 4. The summed E-state index contributed by atoms with van der Waals surface area (Å²) in [5.41, 5.74) is 0.973. The zero-order chi connectivity index (χ0) is 12.3. The molecule has 0 spiro atoms. The van der Waals surface area contributed by atoms with E-state index in [-0.39, 0.29) is 17.2 Å². The smallest absolute Gasteiger partial charge is 0.141 e. The summed E-state index contributed by atoms with van der Waals surface area (Å²) in [5.74, 6) is 0.000548. The van der Waals surface area contributed by atoms with Gasteiger partial charge >= 0.3 is 0 Å². The molecular formula is C13H11NO3. The molecule has 0 saturated heterocycles. The molecule has 2 aromatic carbocycles. The van der Waals surface area contributed by atoms with Crippen LogP contribution in [-0.2, 0) is 0 Å². The second-order valence-corrected chi connectivity index (χ2v) is 3.53. The highest BCUT2D eigenvalue weighted by molar-refractivity contribution is 5.83. The fourth-order valence-corrected chi connectivity index (χ4v) is 1.41. The van der Waals surface area contributed by atoms with Crippen LogP contribution in [0.15, 0.2) is 47.5 Å². The number of nitrogens with zero attached hydrogens (tertiary/aromatic N) is 1. The fraction of sp³-hybridized carbons (Fsp3) is 0. The van der Waals surface area contributed by atoms with Gasteiger partial charge in [-0.3, -0.25) is 4.99 Å². The first-order valence-corrected chi connectivity index (χ1v) is 5.00. The second kappa shape index (κ2) is 4.57. The highest BCUT2D eigenvalue weighted by Gasteiger charge is 1.98. The Kier molecular flexibility index (Phi) is 2.96. The first-order valence-electron chi connectivity index (χ1n) is 5.00. The molecule has 0 amide bonds. The van der Waals surface area contributed by atoms with Gasteiger partial charge in [-0.1, -0.05) is 12.1 Å². The summed E-state index contributed by atoms with van der Waals surface area (Å²) in [7, 11) is 0. The van der Waals surface area contributed by atoms with Crippen LogP contribution in [0.1, 0.15) is 5.56 Å². The van der Waals surface area contributed by atoms with Gasteiger partial charge in [-0.05, 0) is 24.3 Å². The number of phenolic OH excluding ortho intramolecular Hbond substituents is 3. The number of hydrogen-bond donors (Lipinski definition) is 3. The van der Waals surface area contributed by atoms with Gasteiger partial charge in [0, 0.05) is 17.8 Å². The Hall–Kier alpha value is -2.49. The quantitative estimate of drug-likeness (QED) is 0.693. The van der Waals surface area contributed by atoms with Crippen LogP contribution in [0, 0.1) is 0 Å². The number of aliphatic imine (C=N–C) groups is 1. The standard InChI is InChI=1S/C13H11NO3/c15-10-5-9(6-11(16)7-10)8-14-12-3-1-2-4-13(12)17/h1-8,15-17H/b14-8+. The molecule has 3 N–H and O–H groups in total. The predicted octanol–water partition coefficient (Wildman–Crippen LogP) is 2.55. The highest BCUT2D eigenvalue weighted by Crippen LogP contribution is 2.25. The van der Waals surface area contributed by atoms with E-state index in [1.54, 1.807) is 18.2 Å². The SMILES string of the molecule is Oc1cc(O)cc(/C=N/c2ccccc2O)c1. The van der Waals surface area contributed by atoms with E-state index in [9.17, 15) is 15.3 Å². The molecule has 4 nitrogen and oxygen atoms in total. The van der Waals surface area contributed by atoms with E-state index in [1.165, 1.54) is 30.5 Å². The minimum absolute atomic E-state index is 0.0382. The van der Waals surface area contributed by atoms with Crippen molar-refractivity contribution < 1.29 is 15.3 Å². The van der Waals surface area contributed by atoms with Gasteiger partial charge in [0.15, 0.2) is 0 Å². The number of rotatable bonds is 2. The van der Waals surface area contributed by atoms with Crippen LogP contribution in [-0.4, -0.2) is 21.5 Å². The van der Waals surface area contributed by atoms with Gasteiger partial charge in [0.1, 0.15) is 22.9 Å². The van der Waals surface area contributed by atoms with E-state index < -0.39 is 0 Å². The molecule has 0 saturated carbocycles. The van der Waals surface area contributed by atoms with E-state index in [2.05, 4.69) is 4.99 Å². The maximum absolute atomic E-state index is 9.49. The van der Waals surface area contributed by atoms with E-state index in [0.717, 1.165) is 0 Å². The maximum atomic E-state index is 9.49. The normalized spacial score (nSPS) is 10.8. The van der Waals surface area contributed by atoms with Crippen molar-refractivity contribution in [2.75, 3.05) is 0 Å². The summed E-state index contributed by atoms with van der Waals surface area (Å²) in [6.45, 7) is 0. The largest absolute Gasteiger partial charge is 0.508 e. The van der Waals surface area contributed by atoms with Crippen molar-refractivity contribution in [3.05, 3.63) is 48.0 Å². The summed E-state index contributed by atoms with van der Waals surface area (Å²) in [4.78, 5) is 4.06. The van der Waals surface area contributed by atoms with Gasteiger partial charge in [-0.2, -0.15) is 0 Å². The minimum Gasteiger partial charge on any atom is -0.508 e. The van der Waals surface area contributed by atoms with Gasteiger partial charge in [0.2, 0.25) is 0 Å². The van der Waals surface area contributed by atoms with E-state index in [4.69, 9.17) is 0 Å². The summed E-state index contributed by atoms with van der Waals surface area (Å²) in [5, 5.41) is 28.0. The molecule has 0 aromatic heterocycles. The Labute approximate surface area is 98.1 Å². The van der Waals surface area contributed by atoms with Gasteiger partial charge in [0.05, 0.1) is 0 Å². The lowest BCUT2D eigenvalue weighted by molar-refractivity contribution is 0.450. The van der Waals surface area contributed by atoms with Crippen LogP contribution in [0.5, 0.6) is 17.2 Å². The first kappa shape index (κ1) is 11.0. The molecule has 0 aliphatic rings. The molecule has 0 aliphatic carbocycles. The Balaban J connectivity index is 2.29. The third-order valence-corrected chi connectivity index (χ3v) is 2.16. The number of aromatic hydroxyl groups is 3. The van der Waals surface area contributed by atoms with Crippen molar-refractivity contribution in [1.29, 1.82) is 0 Å². The van der Waals surface area contributed by atoms with E-state index in [0.29, 0.717) is 11.3 Å². The van der Waals surface area contributed by atoms with Crippen LogP contribution >= 0.6 is 0 Å². The number of para-hydroxylation sites is 2. The fourth-order valence-electron chi connectivity index (χ4n) is 1.41. The van der Waals surface area contributed by atoms with Crippen LogP contribution in [0.2, 0.25) is 0 Å². The lowest BCUT2D eigenvalue weighted by atomic mass is 10.2. The predicted molar refractivity (Wildman–Crippen MR) is 65.1 cm³/mol. The third-order valence-electron chi connectivity index (χ3n) is 2.16. The molecule has 0 atom stereocenters. The van der Waals surface area contributed by atoms with Gasteiger partial charge in [0.25, 0.3) is 0 Å². The van der Waals surface area contributed by atoms with Crippen LogP contribution < -0.4 is 0 Å². The number of benzene rings is 2. The summed E-state index contributed by atoms with van der Waals surface area (Å²) < 4.78 is 0. The average Bonchev–Trinajstić information content (AvgIpc) is 2.27. The molecular weight excluding hydrogens is 218 g/mol. The molecule has 0 heterocycles. The molecule has 86 valence electrons. The molecule has 4 heteroatoms. The molecule has 2 aromatic rings. The highest BCUT2D eigenvalue weighted by atomic mass is 16.3. The van der Waals surface area contributed by atoms with Gasteiger partial charge in [-0.15, -0.1) is 0 Å². The molecule has 17 heavy (non-hydrogen) atoms. The van der Waals surface area contributed by atoms with Gasteiger partial charge < -0.3 is 15.3 Å². The topological polar surface area (TPSA) is 73.0 Å². The van der Waals surface area contributed by atoms with Crippen molar-refractivity contribution >= 4 is 11.9 Å². The zero-order valence-electron chi connectivity index (χ0n) is 8.91. The number of phenols is 3. The van der Waals surface area contributed by atoms with Gasteiger partial charge in [-0.25, -0.2) is 0 Å². The van der Waals surface area contributed by atoms with Crippen LogP contribution in [0.4, 0.5) is 5.69 Å². The van der Waals surface area contributed by atoms with Crippen molar-refractivity contribution in [1.82, 2.24) is 0 Å². The summed E-state index contributed by atoms with van der Waals surface area (Å²) >= 11 is 0. The molecule has 0 fully saturated rings. The Morgan fingerprint density at radius 2 is 1.53 bits per heavy atom. The average molecular weight is 229 g/mol. The van der Waals surface area contributed by atoms with Crippen molar-refractivity contribution in [2.45, 2.75) is 0 Å². The van der Waals surface area contributed by atoms with Crippen molar-refractivity contribution in [3.63, 3.8) is 0 Å². The maximum Gasteiger partial charge on any atom is 0.141 e. The third kappa shape index (κ3) is 2.75. The van der Waals surface area contributed by atoms with Crippen molar-refractivity contribution in [2.24, 2.45) is 4.99 Å². The lowest BCUT2D eigenvalue weighted by Crippen LogP contribution is -1.80. The Morgan fingerprint density at radius 1 is 0.882 bits per heavy atom. The molecule has 2 rings (SSSR count).